The normalized spacial score (nSPS) is 21.6. The van der Waals surface area contributed by atoms with Crippen molar-refractivity contribution >= 4 is 9.84 Å². The van der Waals surface area contributed by atoms with Crippen LogP contribution in [0, 0.1) is 0 Å². The molecule has 11 heavy (non-hydrogen) atoms. The molecule has 66 valence electrons. The molecule has 0 radical (unpaired) electrons. The molecule has 1 N–H and O–H groups in total. The number of hydrogen-bond acceptors (Lipinski definition) is 3. The van der Waals surface area contributed by atoms with Gasteiger partial charge in [0.25, 0.3) is 0 Å². The molecule has 0 saturated heterocycles. The molecule has 0 aliphatic heterocycles. The van der Waals surface area contributed by atoms with Gasteiger partial charge in [-0.3, -0.25) is 0 Å². The van der Waals surface area contributed by atoms with Crippen molar-refractivity contribution in [2.24, 2.45) is 0 Å². The zero-order chi connectivity index (χ0) is 8.48. The van der Waals surface area contributed by atoms with Crippen molar-refractivity contribution in [2.45, 2.75) is 31.8 Å². The van der Waals surface area contributed by atoms with Gasteiger partial charge in [-0.15, -0.1) is 0 Å². The van der Waals surface area contributed by atoms with Crippen LogP contribution >= 0.6 is 0 Å². The molecular formula is C7H15NO2S. The lowest BCUT2D eigenvalue weighted by Crippen LogP contribution is -2.34. The van der Waals surface area contributed by atoms with Gasteiger partial charge in [0.15, 0.2) is 0 Å². The van der Waals surface area contributed by atoms with E-state index in [1.54, 1.807) is 0 Å². The molecule has 1 fully saturated rings. The molecule has 4 heteroatoms. The molecule has 0 aromatic carbocycles. The average Bonchev–Trinajstić information content (AvgIpc) is 2.42. The molecule has 3 nitrogen and oxygen atoms in total. The first-order valence-electron chi connectivity index (χ1n) is 3.91. The molecule has 0 bridgehead atoms. The van der Waals surface area contributed by atoms with Crippen LogP contribution in [0.2, 0.25) is 0 Å². The van der Waals surface area contributed by atoms with E-state index < -0.39 is 9.84 Å². The molecule has 1 aliphatic carbocycles. The summed E-state index contributed by atoms with van der Waals surface area (Å²) in [6, 6.07) is 0.698. The highest BCUT2D eigenvalue weighted by Gasteiger charge is 2.23. The predicted octanol–water partition coefficient (Wildman–Crippen LogP) is 0.172. The quantitative estimate of drug-likeness (QED) is 0.666. The summed E-state index contributed by atoms with van der Waals surface area (Å²) in [6.45, 7) is 1.92. The third kappa shape index (κ3) is 4.37. The summed E-state index contributed by atoms with van der Waals surface area (Å²) in [5.41, 5.74) is 0. The summed E-state index contributed by atoms with van der Waals surface area (Å²) in [5.74, 6) is 0.253. The van der Waals surface area contributed by atoms with Crippen LogP contribution in [0.5, 0.6) is 0 Å². The van der Waals surface area contributed by atoms with Gasteiger partial charge in [-0.1, -0.05) is 0 Å². The summed E-state index contributed by atoms with van der Waals surface area (Å²) in [4.78, 5) is 0. The number of nitrogens with one attached hydrogen (secondary N) is 1. The average molecular weight is 177 g/mol. The van der Waals surface area contributed by atoms with Crippen LogP contribution in [0.4, 0.5) is 0 Å². The van der Waals surface area contributed by atoms with Gasteiger partial charge < -0.3 is 5.32 Å². The molecule has 0 aromatic heterocycles. The summed E-state index contributed by atoms with van der Waals surface area (Å²) in [5, 5.41) is 3.23. The lowest BCUT2D eigenvalue weighted by molar-refractivity contribution is 0.558. The van der Waals surface area contributed by atoms with E-state index in [4.69, 9.17) is 0 Å². The molecule has 1 atom stereocenters. The Kier molecular flexibility index (Phi) is 2.54. The van der Waals surface area contributed by atoms with Crippen molar-refractivity contribution in [3.8, 4) is 0 Å². The Morgan fingerprint density at radius 3 is 2.45 bits per heavy atom. The topological polar surface area (TPSA) is 46.2 Å². The monoisotopic (exact) mass is 177 g/mol. The summed E-state index contributed by atoms with van der Waals surface area (Å²) < 4.78 is 21.6. The maximum Gasteiger partial charge on any atom is 0.148 e. The van der Waals surface area contributed by atoms with Gasteiger partial charge in [-0.2, -0.15) is 0 Å². The molecule has 1 unspecified atom stereocenters. The number of hydrogen-bond donors (Lipinski definition) is 1. The molecule has 0 aromatic rings. The minimum Gasteiger partial charge on any atom is -0.310 e. The SMILES string of the molecule is CC(CS(C)(=O)=O)NC1CC1. The fourth-order valence-corrected chi connectivity index (χ4v) is 2.16. The third-order valence-corrected chi connectivity index (χ3v) is 2.76. The van der Waals surface area contributed by atoms with Crippen molar-refractivity contribution < 1.29 is 8.42 Å². The molecular weight excluding hydrogens is 162 g/mol. The van der Waals surface area contributed by atoms with Gasteiger partial charge in [0.2, 0.25) is 0 Å². The second kappa shape index (κ2) is 3.11. The van der Waals surface area contributed by atoms with Crippen LogP contribution in [0.3, 0.4) is 0 Å². The van der Waals surface area contributed by atoms with Gasteiger partial charge >= 0.3 is 0 Å². The summed E-state index contributed by atoms with van der Waals surface area (Å²) >= 11 is 0. The third-order valence-electron chi connectivity index (χ3n) is 1.65. The van der Waals surface area contributed by atoms with Gasteiger partial charge in [-0.25, -0.2) is 8.42 Å². The first kappa shape index (κ1) is 9.00. The first-order valence-corrected chi connectivity index (χ1v) is 5.97. The van der Waals surface area contributed by atoms with Crippen LogP contribution < -0.4 is 5.32 Å². The van der Waals surface area contributed by atoms with Gasteiger partial charge in [0.05, 0.1) is 5.75 Å². The smallest absolute Gasteiger partial charge is 0.148 e. The Morgan fingerprint density at radius 1 is 1.55 bits per heavy atom. The van der Waals surface area contributed by atoms with E-state index in [0.29, 0.717) is 6.04 Å². The molecule has 1 rings (SSSR count). The zero-order valence-corrected chi connectivity index (χ0v) is 7.82. The maximum absolute atomic E-state index is 10.8. The molecule has 1 saturated carbocycles. The molecule has 0 amide bonds. The largest absolute Gasteiger partial charge is 0.310 e. The van der Waals surface area contributed by atoms with Gasteiger partial charge in [0.1, 0.15) is 9.84 Å². The zero-order valence-electron chi connectivity index (χ0n) is 7.00. The standard InChI is InChI=1S/C7H15NO2S/c1-6(5-11(2,9)10)8-7-3-4-7/h6-8H,3-5H2,1-2H3. The second-order valence-electron chi connectivity index (χ2n) is 3.43. The minimum absolute atomic E-state index is 0.109. The molecule has 0 spiro atoms. The van der Waals surface area contributed by atoms with E-state index in [1.807, 2.05) is 6.92 Å². The van der Waals surface area contributed by atoms with Crippen molar-refractivity contribution in [3.05, 3.63) is 0 Å². The highest BCUT2D eigenvalue weighted by molar-refractivity contribution is 7.90. The van der Waals surface area contributed by atoms with E-state index in [0.717, 1.165) is 0 Å². The van der Waals surface area contributed by atoms with E-state index in [2.05, 4.69) is 5.32 Å². The minimum atomic E-state index is -2.80. The highest BCUT2D eigenvalue weighted by Crippen LogP contribution is 2.19. The maximum atomic E-state index is 10.8. The summed E-state index contributed by atoms with van der Waals surface area (Å²) in [7, 11) is -2.80. The van der Waals surface area contributed by atoms with Crippen LogP contribution in [0.25, 0.3) is 0 Å². The highest BCUT2D eigenvalue weighted by atomic mass is 32.2. The van der Waals surface area contributed by atoms with E-state index in [9.17, 15) is 8.42 Å². The Labute approximate surface area is 68.1 Å². The van der Waals surface area contributed by atoms with Crippen LogP contribution in [-0.4, -0.2) is 32.5 Å². The molecule has 1 aliphatic rings. The predicted molar refractivity (Wildman–Crippen MR) is 45.3 cm³/mol. The Bertz CT molecular complexity index is 219. The Balaban J connectivity index is 2.24. The van der Waals surface area contributed by atoms with Crippen molar-refractivity contribution in [3.63, 3.8) is 0 Å². The van der Waals surface area contributed by atoms with E-state index in [1.165, 1.54) is 19.1 Å². The van der Waals surface area contributed by atoms with Gasteiger partial charge in [-0.05, 0) is 19.8 Å². The van der Waals surface area contributed by atoms with Crippen molar-refractivity contribution in [1.29, 1.82) is 0 Å². The lowest BCUT2D eigenvalue weighted by atomic mass is 10.4. The van der Waals surface area contributed by atoms with Crippen molar-refractivity contribution in [2.75, 3.05) is 12.0 Å². The first-order chi connectivity index (χ1) is 4.97. The number of rotatable bonds is 4. The van der Waals surface area contributed by atoms with Crippen LogP contribution in [0.1, 0.15) is 19.8 Å². The lowest BCUT2D eigenvalue weighted by Gasteiger charge is -2.10. The van der Waals surface area contributed by atoms with Crippen molar-refractivity contribution in [1.82, 2.24) is 5.32 Å². The van der Waals surface area contributed by atoms with E-state index >= 15 is 0 Å². The molecule has 0 heterocycles. The fourth-order valence-electron chi connectivity index (χ4n) is 1.15. The summed E-state index contributed by atoms with van der Waals surface area (Å²) in [6.07, 6.45) is 3.68. The second-order valence-corrected chi connectivity index (χ2v) is 5.62. The van der Waals surface area contributed by atoms with Gasteiger partial charge in [0, 0.05) is 18.3 Å². The van der Waals surface area contributed by atoms with E-state index in [-0.39, 0.29) is 11.8 Å². The Hall–Kier alpha value is -0.0900. The fraction of sp³-hybridized carbons (Fsp3) is 1.00. The van der Waals surface area contributed by atoms with Crippen LogP contribution in [0.15, 0.2) is 0 Å². The Morgan fingerprint density at radius 2 is 2.09 bits per heavy atom. The number of sulfone groups is 1. The van der Waals surface area contributed by atoms with Crippen LogP contribution in [-0.2, 0) is 9.84 Å².